The van der Waals surface area contributed by atoms with Crippen LogP contribution in [0.25, 0.3) is 0 Å². The predicted octanol–water partition coefficient (Wildman–Crippen LogP) is 3.94. The van der Waals surface area contributed by atoms with Gasteiger partial charge < -0.3 is 9.84 Å². The van der Waals surface area contributed by atoms with Crippen LogP contribution in [0.1, 0.15) is 16.7 Å². The van der Waals surface area contributed by atoms with Gasteiger partial charge in [-0.25, -0.2) is 0 Å². The van der Waals surface area contributed by atoms with E-state index in [1.807, 2.05) is 6.07 Å². The number of aliphatic hydroxyl groups is 1. The number of hydrogen-bond donors (Lipinski definition) is 1. The molecule has 2 aromatic carbocycles. The van der Waals surface area contributed by atoms with Gasteiger partial charge in [-0.05, 0) is 18.2 Å². The molecule has 0 unspecified atom stereocenters. The van der Waals surface area contributed by atoms with Gasteiger partial charge in [0.05, 0.1) is 23.3 Å². The molecule has 0 aliphatic heterocycles. The molecule has 0 spiro atoms. The minimum absolute atomic E-state index is 0.193. The molecule has 2 rings (SSSR count). The molecule has 1 N–H and O–H groups in total. The zero-order chi connectivity index (χ0) is 14.5. The van der Waals surface area contributed by atoms with Crippen LogP contribution >= 0.6 is 23.2 Å². The number of hydrogen-bond acceptors (Lipinski definition) is 3. The summed E-state index contributed by atoms with van der Waals surface area (Å²) in [6, 6.07) is 12.4. The van der Waals surface area contributed by atoms with Gasteiger partial charge in [0.25, 0.3) is 0 Å². The van der Waals surface area contributed by atoms with Gasteiger partial charge in [0.2, 0.25) is 0 Å². The van der Waals surface area contributed by atoms with Gasteiger partial charge >= 0.3 is 0 Å². The highest BCUT2D eigenvalue weighted by atomic mass is 35.5. The molecule has 20 heavy (non-hydrogen) atoms. The van der Waals surface area contributed by atoms with Crippen LogP contribution in [-0.2, 0) is 13.2 Å². The summed E-state index contributed by atoms with van der Waals surface area (Å²) in [5.74, 6) is 0.381. The summed E-state index contributed by atoms with van der Waals surface area (Å²) in [5, 5.41) is 19.1. The van der Waals surface area contributed by atoms with E-state index in [4.69, 9.17) is 33.2 Å². The third-order valence-corrected chi connectivity index (χ3v) is 3.26. The van der Waals surface area contributed by atoms with Crippen molar-refractivity contribution >= 4 is 23.2 Å². The zero-order valence-electron chi connectivity index (χ0n) is 10.4. The zero-order valence-corrected chi connectivity index (χ0v) is 11.9. The van der Waals surface area contributed by atoms with E-state index in [1.165, 1.54) is 0 Å². The SMILES string of the molecule is N#Cc1ccccc1COc1c(Cl)cc(Cl)cc1CO. The van der Waals surface area contributed by atoms with Crippen molar-refractivity contribution in [1.82, 2.24) is 0 Å². The topological polar surface area (TPSA) is 53.2 Å². The van der Waals surface area contributed by atoms with E-state index >= 15 is 0 Å². The fourth-order valence-electron chi connectivity index (χ4n) is 1.80. The summed E-state index contributed by atoms with van der Waals surface area (Å²) >= 11 is 11.9. The summed E-state index contributed by atoms with van der Waals surface area (Å²) in [6.45, 7) is -0.0341. The molecule has 3 nitrogen and oxygen atoms in total. The highest BCUT2D eigenvalue weighted by Gasteiger charge is 2.11. The first kappa shape index (κ1) is 14.7. The molecule has 0 fully saturated rings. The maximum Gasteiger partial charge on any atom is 0.144 e. The summed E-state index contributed by atoms with van der Waals surface area (Å²) in [5.41, 5.74) is 1.81. The minimum atomic E-state index is -0.227. The lowest BCUT2D eigenvalue weighted by Crippen LogP contribution is -2.01. The lowest BCUT2D eigenvalue weighted by atomic mass is 10.1. The van der Waals surface area contributed by atoms with Gasteiger partial charge in [-0.3, -0.25) is 0 Å². The highest BCUT2D eigenvalue weighted by molar-refractivity contribution is 6.35. The average molecular weight is 308 g/mol. The normalized spacial score (nSPS) is 10.1. The van der Waals surface area contributed by atoms with Crippen LogP contribution in [0.3, 0.4) is 0 Å². The Balaban J connectivity index is 2.25. The maximum absolute atomic E-state index is 9.32. The molecular weight excluding hydrogens is 297 g/mol. The fraction of sp³-hybridized carbons (Fsp3) is 0.133. The number of nitriles is 1. The first-order valence-electron chi connectivity index (χ1n) is 5.85. The fourth-order valence-corrected chi connectivity index (χ4v) is 2.39. The van der Waals surface area contributed by atoms with Crippen LogP contribution in [0, 0.1) is 11.3 Å². The molecule has 0 atom stereocenters. The van der Waals surface area contributed by atoms with Crippen LogP contribution in [0.2, 0.25) is 10.0 Å². The smallest absolute Gasteiger partial charge is 0.144 e. The molecule has 0 aromatic heterocycles. The quantitative estimate of drug-likeness (QED) is 0.931. The van der Waals surface area contributed by atoms with Crippen LogP contribution < -0.4 is 4.74 Å². The number of rotatable bonds is 4. The second-order valence-corrected chi connectivity index (χ2v) is 4.94. The number of halogens is 2. The van der Waals surface area contributed by atoms with E-state index in [-0.39, 0.29) is 13.2 Å². The monoisotopic (exact) mass is 307 g/mol. The Labute approximate surface area is 126 Å². The van der Waals surface area contributed by atoms with Crippen LogP contribution in [0.4, 0.5) is 0 Å². The molecule has 0 aliphatic carbocycles. The molecule has 0 heterocycles. The van der Waals surface area contributed by atoms with Gasteiger partial charge in [-0.15, -0.1) is 0 Å². The molecule has 0 amide bonds. The Morgan fingerprint density at radius 1 is 1.15 bits per heavy atom. The van der Waals surface area contributed by atoms with Crippen molar-refractivity contribution in [3.05, 3.63) is 63.1 Å². The number of benzene rings is 2. The Morgan fingerprint density at radius 2 is 1.90 bits per heavy atom. The predicted molar refractivity (Wildman–Crippen MR) is 77.9 cm³/mol. The van der Waals surface area contributed by atoms with Gasteiger partial charge in [0.1, 0.15) is 12.4 Å². The third-order valence-electron chi connectivity index (χ3n) is 2.77. The Hall–Kier alpha value is -1.73. The van der Waals surface area contributed by atoms with Crippen molar-refractivity contribution in [2.24, 2.45) is 0 Å². The lowest BCUT2D eigenvalue weighted by molar-refractivity contribution is 0.259. The average Bonchev–Trinajstić information content (AvgIpc) is 2.45. The standard InChI is InChI=1S/C15H11Cl2NO2/c16-13-5-12(8-19)15(14(17)6-13)20-9-11-4-2-1-3-10(11)7-18/h1-6,19H,8-9H2. The van der Waals surface area contributed by atoms with E-state index < -0.39 is 0 Å². The first-order chi connectivity index (χ1) is 9.65. The largest absolute Gasteiger partial charge is 0.487 e. The summed E-state index contributed by atoms with van der Waals surface area (Å²) < 4.78 is 5.64. The summed E-state index contributed by atoms with van der Waals surface area (Å²) in [7, 11) is 0. The molecular formula is C15H11Cl2NO2. The van der Waals surface area contributed by atoms with E-state index in [1.54, 1.807) is 30.3 Å². The molecule has 2 aromatic rings. The lowest BCUT2D eigenvalue weighted by Gasteiger charge is -2.13. The molecule has 0 radical (unpaired) electrons. The minimum Gasteiger partial charge on any atom is -0.487 e. The van der Waals surface area contributed by atoms with E-state index in [2.05, 4.69) is 6.07 Å². The van der Waals surface area contributed by atoms with Crippen molar-refractivity contribution in [3.63, 3.8) is 0 Å². The van der Waals surface area contributed by atoms with E-state index in [9.17, 15) is 5.11 Å². The number of ether oxygens (including phenoxy) is 1. The van der Waals surface area contributed by atoms with Gasteiger partial charge in [-0.2, -0.15) is 5.26 Å². The molecule has 0 saturated heterocycles. The van der Waals surface area contributed by atoms with Crippen LogP contribution in [-0.4, -0.2) is 5.11 Å². The second kappa shape index (κ2) is 6.62. The van der Waals surface area contributed by atoms with Crippen LogP contribution in [0.15, 0.2) is 36.4 Å². The van der Waals surface area contributed by atoms with Crippen molar-refractivity contribution in [1.29, 1.82) is 5.26 Å². The summed E-state index contributed by atoms with van der Waals surface area (Å²) in [6.07, 6.45) is 0. The van der Waals surface area contributed by atoms with Crippen LogP contribution in [0.5, 0.6) is 5.75 Å². The molecule has 0 aliphatic rings. The Kier molecular flexibility index (Phi) is 4.86. The first-order valence-corrected chi connectivity index (χ1v) is 6.61. The van der Waals surface area contributed by atoms with Crippen molar-refractivity contribution in [3.8, 4) is 11.8 Å². The van der Waals surface area contributed by atoms with E-state index in [0.717, 1.165) is 5.56 Å². The summed E-state index contributed by atoms with van der Waals surface area (Å²) in [4.78, 5) is 0. The molecule has 0 bridgehead atoms. The van der Waals surface area contributed by atoms with Gasteiger partial charge in [0.15, 0.2) is 0 Å². The number of nitrogens with zero attached hydrogens (tertiary/aromatic N) is 1. The molecule has 0 saturated carbocycles. The van der Waals surface area contributed by atoms with Crippen molar-refractivity contribution < 1.29 is 9.84 Å². The van der Waals surface area contributed by atoms with Gasteiger partial charge in [-0.1, -0.05) is 41.4 Å². The second-order valence-electron chi connectivity index (χ2n) is 4.09. The third kappa shape index (κ3) is 3.23. The van der Waals surface area contributed by atoms with Gasteiger partial charge in [0, 0.05) is 16.1 Å². The van der Waals surface area contributed by atoms with Crippen molar-refractivity contribution in [2.45, 2.75) is 13.2 Å². The maximum atomic E-state index is 9.32. The number of aliphatic hydroxyl groups excluding tert-OH is 1. The Bertz CT molecular complexity index is 665. The van der Waals surface area contributed by atoms with Crippen molar-refractivity contribution in [2.75, 3.05) is 0 Å². The molecule has 102 valence electrons. The van der Waals surface area contributed by atoms with E-state index in [0.29, 0.717) is 26.9 Å². The highest BCUT2D eigenvalue weighted by Crippen LogP contribution is 2.33. The molecule has 5 heteroatoms. The Morgan fingerprint density at radius 3 is 2.60 bits per heavy atom.